The summed E-state index contributed by atoms with van der Waals surface area (Å²) in [6, 6.07) is 1.31. The highest BCUT2D eigenvalue weighted by molar-refractivity contribution is 7.79. The average molecular weight is 168 g/mol. The van der Waals surface area contributed by atoms with E-state index in [1.165, 1.54) is 17.6 Å². The van der Waals surface area contributed by atoms with Gasteiger partial charge in [-0.25, -0.2) is 14.8 Å². The Kier molecular flexibility index (Phi) is 2.22. The Hall–Kier alpha value is -1.36. The lowest BCUT2D eigenvalue weighted by atomic mass is 10.4. The molecular formula is C6H4N2O2S. The Labute approximate surface area is 67.9 Å². The molecule has 0 spiro atoms. The maximum atomic E-state index is 10.3. The molecule has 0 amide bonds. The van der Waals surface area contributed by atoms with Gasteiger partial charge in [-0.15, -0.1) is 0 Å². The Morgan fingerprint density at radius 2 is 2.45 bits per heavy atom. The molecule has 1 aromatic heterocycles. The lowest BCUT2D eigenvalue weighted by molar-refractivity contribution is 0.0690. The quantitative estimate of drug-likeness (QED) is 0.652. The number of carbonyl (C=O) groups is 1. The predicted molar refractivity (Wildman–Crippen MR) is 41.7 cm³/mol. The molecule has 56 valence electrons. The van der Waals surface area contributed by atoms with Gasteiger partial charge in [-0.3, -0.25) is 0 Å². The first-order chi connectivity index (χ1) is 5.24. The number of rotatable bonds is 2. The number of nitrogens with zero attached hydrogens (tertiary/aromatic N) is 2. The summed E-state index contributed by atoms with van der Waals surface area (Å²) in [7, 11) is 0. The summed E-state index contributed by atoms with van der Waals surface area (Å²) in [6.07, 6.45) is 1.36. The second-order valence-corrected chi connectivity index (χ2v) is 1.96. The first-order valence-corrected chi connectivity index (χ1v) is 3.22. The van der Waals surface area contributed by atoms with Crippen molar-refractivity contribution in [1.29, 1.82) is 0 Å². The molecule has 0 aromatic carbocycles. The van der Waals surface area contributed by atoms with Gasteiger partial charge in [0, 0.05) is 11.6 Å². The van der Waals surface area contributed by atoms with E-state index in [9.17, 15) is 4.79 Å². The van der Waals surface area contributed by atoms with Crippen LogP contribution >= 0.6 is 12.2 Å². The van der Waals surface area contributed by atoms with Gasteiger partial charge in [0.05, 0.1) is 0 Å². The first-order valence-electron chi connectivity index (χ1n) is 2.75. The molecule has 0 saturated heterocycles. The molecule has 0 atom stereocenters. The minimum absolute atomic E-state index is 0.0453. The van der Waals surface area contributed by atoms with Crippen LogP contribution in [-0.4, -0.2) is 26.4 Å². The number of hydrogen-bond acceptors (Lipinski definition) is 4. The van der Waals surface area contributed by atoms with Gasteiger partial charge in [0.25, 0.3) is 0 Å². The summed E-state index contributed by atoms with van der Waals surface area (Å²) in [6.45, 7) is 0. The SMILES string of the molecule is O=C(O)c1ccnc(C=S)n1. The second-order valence-electron chi connectivity index (χ2n) is 1.72. The monoisotopic (exact) mass is 168 g/mol. The summed E-state index contributed by atoms with van der Waals surface area (Å²) in [5, 5.41) is 9.70. The van der Waals surface area contributed by atoms with Crippen LogP contribution < -0.4 is 0 Å². The number of hydrogen-bond donors (Lipinski definition) is 1. The fourth-order valence-corrected chi connectivity index (χ4v) is 0.663. The molecule has 0 radical (unpaired) electrons. The van der Waals surface area contributed by atoms with Crippen LogP contribution in [0.25, 0.3) is 0 Å². The lowest BCUT2D eigenvalue weighted by Crippen LogP contribution is -2.03. The van der Waals surface area contributed by atoms with Crippen molar-refractivity contribution < 1.29 is 9.90 Å². The number of thiocarbonyl (C=S) groups is 1. The Bertz CT molecular complexity index is 300. The van der Waals surface area contributed by atoms with E-state index in [0.717, 1.165) is 0 Å². The van der Waals surface area contributed by atoms with Crippen molar-refractivity contribution in [2.75, 3.05) is 0 Å². The molecule has 1 N–H and O–H groups in total. The third kappa shape index (κ3) is 1.78. The van der Waals surface area contributed by atoms with E-state index in [4.69, 9.17) is 5.11 Å². The van der Waals surface area contributed by atoms with Crippen molar-refractivity contribution >= 4 is 23.6 Å². The van der Waals surface area contributed by atoms with Gasteiger partial charge in [0.15, 0.2) is 11.5 Å². The van der Waals surface area contributed by atoms with Gasteiger partial charge in [0.2, 0.25) is 0 Å². The maximum absolute atomic E-state index is 10.3. The van der Waals surface area contributed by atoms with Crippen molar-refractivity contribution in [1.82, 2.24) is 9.97 Å². The lowest BCUT2D eigenvalue weighted by Gasteiger charge is -1.92. The minimum atomic E-state index is -1.08. The normalized spacial score (nSPS) is 9.09. The summed E-state index contributed by atoms with van der Waals surface area (Å²) in [4.78, 5) is 17.7. The highest BCUT2D eigenvalue weighted by atomic mass is 32.1. The Morgan fingerprint density at radius 3 is 3.00 bits per heavy atom. The third-order valence-electron chi connectivity index (χ3n) is 0.999. The molecule has 1 aromatic rings. The zero-order chi connectivity index (χ0) is 8.27. The van der Waals surface area contributed by atoms with E-state index in [-0.39, 0.29) is 11.5 Å². The molecule has 0 aliphatic carbocycles. The Morgan fingerprint density at radius 1 is 1.73 bits per heavy atom. The molecule has 0 unspecified atom stereocenters. The highest BCUT2D eigenvalue weighted by Gasteiger charge is 2.03. The molecule has 0 fully saturated rings. The first kappa shape index (κ1) is 7.74. The summed E-state index contributed by atoms with van der Waals surface area (Å²) >= 11 is 4.52. The van der Waals surface area contributed by atoms with Crippen molar-refractivity contribution in [2.24, 2.45) is 0 Å². The molecular weight excluding hydrogens is 164 g/mol. The van der Waals surface area contributed by atoms with Crippen LogP contribution in [0.1, 0.15) is 16.3 Å². The maximum Gasteiger partial charge on any atom is 0.354 e. The van der Waals surface area contributed by atoms with Crippen LogP contribution in [0.2, 0.25) is 0 Å². The molecule has 0 aliphatic heterocycles. The zero-order valence-electron chi connectivity index (χ0n) is 5.39. The smallest absolute Gasteiger partial charge is 0.354 e. The summed E-state index contributed by atoms with van der Waals surface area (Å²) in [5.74, 6) is -0.828. The molecule has 0 aliphatic rings. The second kappa shape index (κ2) is 3.16. The van der Waals surface area contributed by atoms with Gasteiger partial charge in [-0.05, 0) is 6.07 Å². The largest absolute Gasteiger partial charge is 0.477 e. The number of carboxylic acids is 1. The third-order valence-corrected chi connectivity index (χ3v) is 1.21. The molecule has 1 heterocycles. The highest BCUT2D eigenvalue weighted by Crippen LogP contribution is 1.92. The van der Waals surface area contributed by atoms with E-state index < -0.39 is 5.97 Å². The van der Waals surface area contributed by atoms with E-state index in [0.29, 0.717) is 0 Å². The van der Waals surface area contributed by atoms with Crippen LogP contribution in [0.5, 0.6) is 0 Å². The fourth-order valence-electron chi connectivity index (χ4n) is 0.550. The molecule has 5 heteroatoms. The molecule has 0 bridgehead atoms. The minimum Gasteiger partial charge on any atom is -0.477 e. The van der Waals surface area contributed by atoms with Crippen molar-refractivity contribution in [2.45, 2.75) is 0 Å². The van der Waals surface area contributed by atoms with Gasteiger partial charge < -0.3 is 5.11 Å². The van der Waals surface area contributed by atoms with Gasteiger partial charge >= 0.3 is 5.97 Å². The number of carboxylic acid groups (broad SMARTS) is 1. The average Bonchev–Trinajstić information content (AvgIpc) is 2.05. The Balaban J connectivity index is 3.10. The van der Waals surface area contributed by atoms with E-state index in [2.05, 4.69) is 22.2 Å². The van der Waals surface area contributed by atoms with Gasteiger partial charge in [-0.1, -0.05) is 12.2 Å². The van der Waals surface area contributed by atoms with Gasteiger partial charge in [0.1, 0.15) is 0 Å². The van der Waals surface area contributed by atoms with Crippen LogP contribution in [0.4, 0.5) is 0 Å². The summed E-state index contributed by atoms with van der Waals surface area (Å²) < 4.78 is 0. The standard InChI is InChI=1S/C6H4N2O2S/c9-6(10)4-1-2-7-5(3-11)8-4/h1-3H,(H,9,10). The number of aromatic carboxylic acids is 1. The zero-order valence-corrected chi connectivity index (χ0v) is 6.21. The molecule has 0 saturated carbocycles. The molecule has 4 nitrogen and oxygen atoms in total. The van der Waals surface area contributed by atoms with E-state index in [1.807, 2.05) is 0 Å². The van der Waals surface area contributed by atoms with Crippen molar-refractivity contribution in [3.05, 3.63) is 23.8 Å². The van der Waals surface area contributed by atoms with Gasteiger partial charge in [-0.2, -0.15) is 0 Å². The number of aromatic nitrogens is 2. The van der Waals surface area contributed by atoms with Crippen molar-refractivity contribution in [3.8, 4) is 0 Å². The molecule has 1 rings (SSSR count). The van der Waals surface area contributed by atoms with Crippen LogP contribution in [0.15, 0.2) is 12.3 Å². The topological polar surface area (TPSA) is 63.1 Å². The van der Waals surface area contributed by atoms with Crippen molar-refractivity contribution in [3.63, 3.8) is 0 Å². The fraction of sp³-hybridized carbons (Fsp3) is 0. The molecule has 11 heavy (non-hydrogen) atoms. The van der Waals surface area contributed by atoms with E-state index in [1.54, 1.807) is 0 Å². The summed E-state index contributed by atoms with van der Waals surface area (Å²) in [5.41, 5.74) is -0.0453. The van der Waals surface area contributed by atoms with Crippen LogP contribution in [0, 0.1) is 0 Å². The van der Waals surface area contributed by atoms with Crippen LogP contribution in [-0.2, 0) is 0 Å². The van der Waals surface area contributed by atoms with E-state index >= 15 is 0 Å². The predicted octanol–water partition coefficient (Wildman–Crippen LogP) is 0.523. The van der Waals surface area contributed by atoms with Crippen LogP contribution in [0.3, 0.4) is 0 Å².